The molecular formula is C14H23N3O. The zero-order valence-corrected chi connectivity index (χ0v) is 11.5. The molecule has 1 amide bonds. The molecule has 18 heavy (non-hydrogen) atoms. The lowest BCUT2D eigenvalue weighted by Crippen LogP contribution is -2.38. The first-order valence-corrected chi connectivity index (χ1v) is 6.58. The van der Waals surface area contributed by atoms with Gasteiger partial charge in [-0.15, -0.1) is 0 Å². The molecule has 4 heteroatoms. The largest absolute Gasteiger partial charge is 0.398 e. The van der Waals surface area contributed by atoms with E-state index >= 15 is 0 Å². The Bertz CT molecular complexity index is 390. The molecule has 0 aliphatic heterocycles. The van der Waals surface area contributed by atoms with Crippen LogP contribution in [0, 0.1) is 0 Å². The van der Waals surface area contributed by atoms with Gasteiger partial charge >= 0.3 is 0 Å². The number of nitrogen functional groups attached to an aromatic ring is 1. The molecule has 0 saturated heterocycles. The van der Waals surface area contributed by atoms with Gasteiger partial charge in [0.25, 0.3) is 5.91 Å². The van der Waals surface area contributed by atoms with Crippen molar-refractivity contribution in [1.82, 2.24) is 9.88 Å². The summed E-state index contributed by atoms with van der Waals surface area (Å²) >= 11 is 0. The number of unbranched alkanes of at least 4 members (excludes halogenated alkanes) is 2. The molecule has 100 valence electrons. The Morgan fingerprint density at radius 3 is 2.72 bits per heavy atom. The Kier molecular flexibility index (Phi) is 5.62. The average Bonchev–Trinajstić information content (AvgIpc) is 2.34. The number of nitrogens with zero attached hydrogens (tertiary/aromatic N) is 2. The van der Waals surface area contributed by atoms with Gasteiger partial charge in [-0.3, -0.25) is 9.78 Å². The number of nitrogens with two attached hydrogens (primary N) is 1. The molecule has 0 saturated carbocycles. The van der Waals surface area contributed by atoms with Crippen molar-refractivity contribution >= 4 is 11.6 Å². The van der Waals surface area contributed by atoms with E-state index in [1.165, 1.54) is 0 Å². The normalized spacial score (nSPS) is 10.7. The second-order valence-corrected chi connectivity index (χ2v) is 4.76. The highest BCUT2D eigenvalue weighted by molar-refractivity contribution is 5.98. The van der Waals surface area contributed by atoms with E-state index in [1.807, 2.05) is 18.7 Å². The number of hydrogen-bond donors (Lipinski definition) is 1. The Labute approximate surface area is 109 Å². The summed E-state index contributed by atoms with van der Waals surface area (Å²) in [5, 5.41) is 0. The topological polar surface area (TPSA) is 59.2 Å². The molecule has 1 aromatic rings. The first kappa shape index (κ1) is 14.5. The molecule has 0 atom stereocenters. The molecule has 0 bridgehead atoms. The minimum absolute atomic E-state index is 0.0216. The van der Waals surface area contributed by atoms with Crippen LogP contribution in [0.4, 0.5) is 5.69 Å². The summed E-state index contributed by atoms with van der Waals surface area (Å²) in [6.07, 6.45) is 6.46. The Hall–Kier alpha value is -1.58. The number of pyridine rings is 1. The fourth-order valence-corrected chi connectivity index (χ4v) is 1.87. The van der Waals surface area contributed by atoms with Gasteiger partial charge in [-0.2, -0.15) is 0 Å². The van der Waals surface area contributed by atoms with Crippen LogP contribution in [-0.2, 0) is 0 Å². The summed E-state index contributed by atoms with van der Waals surface area (Å²) in [4.78, 5) is 18.2. The number of rotatable bonds is 6. The van der Waals surface area contributed by atoms with Crippen molar-refractivity contribution in [3.8, 4) is 0 Å². The van der Waals surface area contributed by atoms with Crippen LogP contribution in [0.3, 0.4) is 0 Å². The fourth-order valence-electron chi connectivity index (χ4n) is 1.87. The first-order chi connectivity index (χ1) is 8.57. The molecule has 4 nitrogen and oxygen atoms in total. The van der Waals surface area contributed by atoms with Crippen LogP contribution >= 0.6 is 0 Å². The van der Waals surface area contributed by atoms with Crippen molar-refractivity contribution in [2.75, 3.05) is 12.3 Å². The lowest BCUT2D eigenvalue weighted by Gasteiger charge is -2.27. The van der Waals surface area contributed by atoms with Crippen LogP contribution < -0.4 is 5.73 Å². The van der Waals surface area contributed by atoms with E-state index < -0.39 is 0 Å². The summed E-state index contributed by atoms with van der Waals surface area (Å²) in [5.74, 6) is -0.0216. The van der Waals surface area contributed by atoms with E-state index in [0.717, 1.165) is 25.8 Å². The number of amides is 1. The van der Waals surface area contributed by atoms with Gasteiger partial charge in [0.15, 0.2) is 0 Å². The van der Waals surface area contributed by atoms with Gasteiger partial charge in [0.1, 0.15) is 0 Å². The molecule has 0 aromatic carbocycles. The number of aromatic nitrogens is 1. The van der Waals surface area contributed by atoms with E-state index in [2.05, 4.69) is 11.9 Å². The van der Waals surface area contributed by atoms with Gasteiger partial charge in [-0.1, -0.05) is 19.8 Å². The van der Waals surface area contributed by atoms with Crippen molar-refractivity contribution in [2.24, 2.45) is 0 Å². The van der Waals surface area contributed by atoms with E-state index in [-0.39, 0.29) is 11.9 Å². The van der Waals surface area contributed by atoms with Crippen LogP contribution in [0.25, 0.3) is 0 Å². The van der Waals surface area contributed by atoms with E-state index in [1.54, 1.807) is 18.5 Å². The third-order valence-corrected chi connectivity index (χ3v) is 2.97. The smallest absolute Gasteiger partial charge is 0.257 e. The molecule has 0 unspecified atom stereocenters. The summed E-state index contributed by atoms with van der Waals surface area (Å²) in [6, 6.07) is 1.84. The first-order valence-electron chi connectivity index (χ1n) is 6.58. The van der Waals surface area contributed by atoms with Gasteiger partial charge in [0.2, 0.25) is 0 Å². The highest BCUT2D eigenvalue weighted by atomic mass is 16.2. The lowest BCUT2D eigenvalue weighted by atomic mass is 10.1. The zero-order valence-electron chi connectivity index (χ0n) is 11.5. The molecule has 1 aromatic heterocycles. The van der Waals surface area contributed by atoms with Crippen LogP contribution in [0.1, 0.15) is 50.4 Å². The Morgan fingerprint density at radius 2 is 2.17 bits per heavy atom. The van der Waals surface area contributed by atoms with Gasteiger partial charge < -0.3 is 10.6 Å². The maximum Gasteiger partial charge on any atom is 0.257 e. The van der Waals surface area contributed by atoms with Crippen LogP contribution in [0.2, 0.25) is 0 Å². The van der Waals surface area contributed by atoms with Crippen LogP contribution in [0.15, 0.2) is 18.5 Å². The maximum atomic E-state index is 12.4. The molecular weight excluding hydrogens is 226 g/mol. The van der Waals surface area contributed by atoms with E-state index in [4.69, 9.17) is 5.73 Å². The summed E-state index contributed by atoms with van der Waals surface area (Å²) in [7, 11) is 0. The highest BCUT2D eigenvalue weighted by Gasteiger charge is 2.20. The Balaban J connectivity index is 2.80. The molecule has 0 aliphatic carbocycles. The average molecular weight is 249 g/mol. The third kappa shape index (κ3) is 3.72. The van der Waals surface area contributed by atoms with Gasteiger partial charge in [0, 0.05) is 30.7 Å². The monoisotopic (exact) mass is 249 g/mol. The minimum Gasteiger partial charge on any atom is -0.398 e. The molecule has 0 fully saturated rings. The molecule has 1 rings (SSSR count). The highest BCUT2D eigenvalue weighted by Crippen LogP contribution is 2.15. The summed E-state index contributed by atoms with van der Waals surface area (Å²) in [5.41, 5.74) is 6.83. The molecule has 0 spiro atoms. The number of carbonyl (C=O) groups is 1. The SMILES string of the molecule is CCCCCN(C(=O)c1cnccc1N)C(C)C. The third-order valence-electron chi connectivity index (χ3n) is 2.97. The number of anilines is 1. The van der Waals surface area contributed by atoms with Gasteiger partial charge in [-0.25, -0.2) is 0 Å². The van der Waals surface area contributed by atoms with Crippen molar-refractivity contribution < 1.29 is 4.79 Å². The zero-order chi connectivity index (χ0) is 13.5. The van der Waals surface area contributed by atoms with Crippen molar-refractivity contribution in [3.63, 3.8) is 0 Å². The van der Waals surface area contributed by atoms with E-state index in [0.29, 0.717) is 11.3 Å². The lowest BCUT2D eigenvalue weighted by molar-refractivity contribution is 0.0703. The van der Waals surface area contributed by atoms with Crippen molar-refractivity contribution in [3.05, 3.63) is 24.0 Å². The molecule has 0 aliphatic rings. The van der Waals surface area contributed by atoms with Gasteiger partial charge in [0.05, 0.1) is 5.56 Å². The molecule has 1 heterocycles. The predicted octanol–water partition coefficient (Wildman–Crippen LogP) is 2.70. The molecule has 0 radical (unpaired) electrons. The molecule has 2 N–H and O–H groups in total. The quantitative estimate of drug-likeness (QED) is 0.789. The van der Waals surface area contributed by atoms with Gasteiger partial charge in [-0.05, 0) is 26.3 Å². The fraction of sp³-hybridized carbons (Fsp3) is 0.571. The summed E-state index contributed by atoms with van der Waals surface area (Å²) < 4.78 is 0. The van der Waals surface area contributed by atoms with E-state index in [9.17, 15) is 4.79 Å². The van der Waals surface area contributed by atoms with Crippen molar-refractivity contribution in [2.45, 2.75) is 46.1 Å². The number of hydrogen-bond acceptors (Lipinski definition) is 3. The second kappa shape index (κ2) is 6.99. The Morgan fingerprint density at radius 1 is 1.44 bits per heavy atom. The number of carbonyl (C=O) groups excluding carboxylic acids is 1. The minimum atomic E-state index is -0.0216. The van der Waals surface area contributed by atoms with Crippen LogP contribution in [0.5, 0.6) is 0 Å². The summed E-state index contributed by atoms with van der Waals surface area (Å²) in [6.45, 7) is 6.98. The van der Waals surface area contributed by atoms with Crippen molar-refractivity contribution in [1.29, 1.82) is 0 Å². The van der Waals surface area contributed by atoms with Crippen LogP contribution in [-0.4, -0.2) is 28.4 Å². The maximum absolute atomic E-state index is 12.4. The standard InChI is InChI=1S/C14H23N3O/c1-4-5-6-9-17(11(2)3)14(18)12-10-16-8-7-13(12)15/h7-8,10-11H,4-6,9H2,1-3H3,(H2,15,16). The second-order valence-electron chi connectivity index (χ2n) is 4.76. The predicted molar refractivity (Wildman–Crippen MR) is 74.3 cm³/mol.